The Hall–Kier alpha value is -2.66. The summed E-state index contributed by atoms with van der Waals surface area (Å²) in [5.74, 6) is -1.08. The molecule has 1 aliphatic rings. The Morgan fingerprint density at radius 3 is 2.12 bits per heavy atom. The van der Waals surface area contributed by atoms with Gasteiger partial charge in [0.25, 0.3) is 0 Å². The van der Waals surface area contributed by atoms with E-state index < -0.39 is 5.97 Å². The third-order valence-corrected chi connectivity index (χ3v) is 4.50. The normalized spacial score (nSPS) is 12.5. The van der Waals surface area contributed by atoms with E-state index in [0.717, 1.165) is 0 Å². The topological polar surface area (TPSA) is 72.8 Å². The van der Waals surface area contributed by atoms with Crippen LogP contribution in [0.4, 0.5) is 0 Å². The van der Waals surface area contributed by atoms with Crippen molar-refractivity contribution < 1.29 is 24.2 Å². The van der Waals surface area contributed by atoms with Crippen molar-refractivity contribution in [2.75, 3.05) is 19.8 Å². The van der Waals surface area contributed by atoms with Gasteiger partial charge >= 0.3 is 11.9 Å². The number of rotatable bonds is 9. The van der Waals surface area contributed by atoms with Gasteiger partial charge in [-0.2, -0.15) is 0 Å². The molecule has 1 aliphatic carbocycles. The third-order valence-electron chi connectivity index (χ3n) is 4.50. The first-order chi connectivity index (χ1) is 12.7. The van der Waals surface area contributed by atoms with Gasteiger partial charge in [-0.25, -0.2) is 0 Å². The van der Waals surface area contributed by atoms with Gasteiger partial charge in [0.2, 0.25) is 0 Å². The zero-order chi connectivity index (χ0) is 18.4. The second kappa shape index (κ2) is 8.63. The standard InChI is InChI=1S/C21H22O5/c22-20(23)11-13-25-12-5-10-21(24)26-14-19-17-8-3-1-6-15(17)16-7-2-4-9-18(16)19/h1-4,6-9,19H,5,10-14H2,(H,22,23). The SMILES string of the molecule is O=C(O)CCOCCCC(=O)OCC1c2ccccc2-c2ccccc21. The van der Waals surface area contributed by atoms with Crippen molar-refractivity contribution in [2.45, 2.75) is 25.2 Å². The van der Waals surface area contributed by atoms with Crippen molar-refractivity contribution in [3.8, 4) is 11.1 Å². The summed E-state index contributed by atoms with van der Waals surface area (Å²) in [4.78, 5) is 22.4. The monoisotopic (exact) mass is 354 g/mol. The molecular formula is C21H22O5. The van der Waals surface area contributed by atoms with E-state index in [1.165, 1.54) is 22.3 Å². The lowest BCUT2D eigenvalue weighted by Gasteiger charge is -2.14. The first kappa shape index (κ1) is 18.1. The van der Waals surface area contributed by atoms with Crippen LogP contribution in [0.2, 0.25) is 0 Å². The zero-order valence-corrected chi connectivity index (χ0v) is 14.5. The van der Waals surface area contributed by atoms with Crippen molar-refractivity contribution in [3.63, 3.8) is 0 Å². The third kappa shape index (κ3) is 4.29. The maximum absolute atomic E-state index is 12.0. The number of ether oxygens (including phenoxy) is 2. The molecule has 2 aromatic carbocycles. The van der Waals surface area contributed by atoms with Crippen LogP contribution in [0.5, 0.6) is 0 Å². The highest BCUT2D eigenvalue weighted by molar-refractivity contribution is 5.79. The fraction of sp³-hybridized carbons (Fsp3) is 0.333. The Kier molecular flexibility index (Phi) is 6.02. The molecule has 0 fully saturated rings. The molecule has 5 nitrogen and oxygen atoms in total. The zero-order valence-electron chi connectivity index (χ0n) is 14.5. The van der Waals surface area contributed by atoms with Crippen molar-refractivity contribution in [3.05, 3.63) is 59.7 Å². The summed E-state index contributed by atoms with van der Waals surface area (Å²) < 4.78 is 10.7. The van der Waals surface area contributed by atoms with Gasteiger partial charge in [0.15, 0.2) is 0 Å². The first-order valence-electron chi connectivity index (χ1n) is 8.80. The predicted molar refractivity (Wildman–Crippen MR) is 97.0 cm³/mol. The highest BCUT2D eigenvalue weighted by Gasteiger charge is 2.28. The van der Waals surface area contributed by atoms with Gasteiger partial charge in [-0.3, -0.25) is 9.59 Å². The summed E-state index contributed by atoms with van der Waals surface area (Å²) in [6.45, 7) is 0.851. The summed E-state index contributed by atoms with van der Waals surface area (Å²) in [6.07, 6.45) is 0.768. The number of esters is 1. The van der Waals surface area contributed by atoms with Gasteiger partial charge in [-0.15, -0.1) is 0 Å². The Balaban J connectivity index is 1.49. The van der Waals surface area contributed by atoms with E-state index in [1.807, 2.05) is 24.3 Å². The van der Waals surface area contributed by atoms with Crippen molar-refractivity contribution >= 4 is 11.9 Å². The fourth-order valence-corrected chi connectivity index (χ4v) is 3.27. The van der Waals surface area contributed by atoms with E-state index in [0.29, 0.717) is 19.6 Å². The minimum atomic E-state index is -0.887. The Morgan fingerprint density at radius 2 is 1.50 bits per heavy atom. The molecule has 136 valence electrons. The van der Waals surface area contributed by atoms with Crippen LogP contribution >= 0.6 is 0 Å². The quantitative estimate of drug-likeness (QED) is 0.550. The molecule has 0 saturated carbocycles. The fourth-order valence-electron chi connectivity index (χ4n) is 3.27. The van der Waals surface area contributed by atoms with E-state index in [9.17, 15) is 9.59 Å². The second-order valence-corrected chi connectivity index (χ2v) is 6.27. The summed E-state index contributed by atoms with van der Waals surface area (Å²) in [5, 5.41) is 8.52. The van der Waals surface area contributed by atoms with Crippen LogP contribution in [0, 0.1) is 0 Å². The number of hydrogen-bond acceptors (Lipinski definition) is 4. The number of benzene rings is 2. The smallest absolute Gasteiger partial charge is 0.305 e. The average Bonchev–Trinajstić information content (AvgIpc) is 2.96. The van der Waals surface area contributed by atoms with Gasteiger partial charge in [0, 0.05) is 18.9 Å². The van der Waals surface area contributed by atoms with Crippen molar-refractivity contribution in [2.24, 2.45) is 0 Å². The summed E-state index contributed by atoms with van der Waals surface area (Å²) >= 11 is 0. The van der Waals surface area contributed by atoms with E-state index in [1.54, 1.807) is 0 Å². The van der Waals surface area contributed by atoms with Gasteiger partial charge < -0.3 is 14.6 Å². The van der Waals surface area contributed by atoms with Crippen LogP contribution in [0.25, 0.3) is 11.1 Å². The summed E-state index contributed by atoms with van der Waals surface area (Å²) in [5.41, 5.74) is 4.80. The molecule has 0 spiro atoms. The lowest BCUT2D eigenvalue weighted by Crippen LogP contribution is -2.13. The molecule has 0 amide bonds. The Morgan fingerprint density at radius 1 is 0.885 bits per heavy atom. The molecule has 26 heavy (non-hydrogen) atoms. The molecule has 0 saturated heterocycles. The lowest BCUT2D eigenvalue weighted by atomic mass is 9.98. The molecule has 0 bridgehead atoms. The van der Waals surface area contributed by atoms with Gasteiger partial charge in [0.05, 0.1) is 13.0 Å². The number of hydrogen-bond donors (Lipinski definition) is 1. The number of carbonyl (C=O) groups excluding carboxylic acids is 1. The average molecular weight is 354 g/mol. The largest absolute Gasteiger partial charge is 0.481 e. The van der Waals surface area contributed by atoms with E-state index in [-0.39, 0.29) is 31.3 Å². The number of carboxylic acid groups (broad SMARTS) is 1. The van der Waals surface area contributed by atoms with Gasteiger partial charge in [-0.05, 0) is 28.7 Å². The van der Waals surface area contributed by atoms with Crippen LogP contribution in [0.1, 0.15) is 36.3 Å². The Bertz CT molecular complexity index is 738. The van der Waals surface area contributed by atoms with E-state index in [2.05, 4.69) is 24.3 Å². The first-order valence-corrected chi connectivity index (χ1v) is 8.80. The van der Waals surface area contributed by atoms with Crippen molar-refractivity contribution in [1.29, 1.82) is 0 Å². The molecule has 0 aromatic heterocycles. The van der Waals surface area contributed by atoms with Gasteiger partial charge in [0.1, 0.15) is 6.61 Å². The molecular weight excluding hydrogens is 332 g/mol. The molecule has 5 heteroatoms. The summed E-state index contributed by atoms with van der Waals surface area (Å²) in [7, 11) is 0. The number of fused-ring (bicyclic) bond motifs is 3. The van der Waals surface area contributed by atoms with Crippen LogP contribution < -0.4 is 0 Å². The maximum Gasteiger partial charge on any atom is 0.305 e. The molecule has 0 radical (unpaired) electrons. The highest BCUT2D eigenvalue weighted by atomic mass is 16.5. The highest BCUT2D eigenvalue weighted by Crippen LogP contribution is 2.44. The van der Waals surface area contributed by atoms with E-state index >= 15 is 0 Å². The van der Waals surface area contributed by atoms with Crippen LogP contribution in [0.15, 0.2) is 48.5 Å². The Labute approximate surface area is 152 Å². The minimum absolute atomic E-state index is 0.0229. The summed E-state index contributed by atoms with van der Waals surface area (Å²) in [6, 6.07) is 16.4. The minimum Gasteiger partial charge on any atom is -0.481 e. The molecule has 0 aliphatic heterocycles. The van der Waals surface area contributed by atoms with Crippen molar-refractivity contribution in [1.82, 2.24) is 0 Å². The number of carbonyl (C=O) groups is 2. The molecule has 0 atom stereocenters. The van der Waals surface area contributed by atoms with Crippen LogP contribution in [0.3, 0.4) is 0 Å². The maximum atomic E-state index is 12.0. The van der Waals surface area contributed by atoms with Crippen LogP contribution in [-0.4, -0.2) is 36.9 Å². The van der Waals surface area contributed by atoms with Crippen LogP contribution in [-0.2, 0) is 19.1 Å². The van der Waals surface area contributed by atoms with Gasteiger partial charge in [-0.1, -0.05) is 48.5 Å². The lowest BCUT2D eigenvalue weighted by molar-refractivity contribution is -0.144. The molecule has 3 rings (SSSR count). The molecule has 0 unspecified atom stereocenters. The second-order valence-electron chi connectivity index (χ2n) is 6.27. The molecule has 0 heterocycles. The number of carboxylic acids is 1. The number of aliphatic carboxylic acids is 1. The van der Waals surface area contributed by atoms with E-state index in [4.69, 9.17) is 14.6 Å². The predicted octanol–water partition coefficient (Wildman–Crippen LogP) is 3.61. The molecule has 2 aromatic rings. The molecule has 1 N–H and O–H groups in total.